The van der Waals surface area contributed by atoms with Gasteiger partial charge in [0, 0.05) is 12.7 Å². The maximum absolute atomic E-state index is 12.5. The van der Waals surface area contributed by atoms with E-state index in [0.29, 0.717) is 17.1 Å². The van der Waals surface area contributed by atoms with Crippen molar-refractivity contribution in [2.45, 2.75) is 0 Å². The first-order chi connectivity index (χ1) is 12.5. The number of nitrogens with zero attached hydrogens (tertiary/aromatic N) is 1. The van der Waals surface area contributed by atoms with E-state index in [2.05, 4.69) is 10.3 Å². The Kier molecular flexibility index (Phi) is 4.98. The van der Waals surface area contributed by atoms with Crippen molar-refractivity contribution >= 4 is 17.5 Å². The second-order valence-electron chi connectivity index (χ2n) is 5.67. The van der Waals surface area contributed by atoms with Crippen molar-refractivity contribution in [3.8, 4) is 11.5 Å². The van der Waals surface area contributed by atoms with E-state index in [1.807, 2.05) is 6.07 Å². The fourth-order valence-electron chi connectivity index (χ4n) is 2.43. The predicted molar refractivity (Wildman–Crippen MR) is 96.8 cm³/mol. The van der Waals surface area contributed by atoms with Crippen molar-refractivity contribution in [3.05, 3.63) is 76.8 Å². The van der Waals surface area contributed by atoms with E-state index in [4.69, 9.17) is 4.42 Å². The van der Waals surface area contributed by atoms with Crippen LogP contribution in [0.25, 0.3) is 11.5 Å². The number of likely N-dealkylation sites (N-methyl/N-ethyl adjacent to an activating group) is 1. The van der Waals surface area contributed by atoms with Crippen LogP contribution < -0.4 is 10.9 Å². The van der Waals surface area contributed by atoms with Crippen LogP contribution in [-0.4, -0.2) is 35.3 Å². The molecule has 0 aliphatic carbocycles. The highest BCUT2D eigenvalue weighted by molar-refractivity contribution is 5.99. The monoisotopic (exact) mass is 351 g/mol. The smallest absolute Gasteiger partial charge is 0.261 e. The second kappa shape index (κ2) is 7.52. The maximum Gasteiger partial charge on any atom is 0.261 e. The Morgan fingerprint density at radius 3 is 2.50 bits per heavy atom. The normalized spacial score (nSPS) is 10.3. The van der Waals surface area contributed by atoms with Crippen LogP contribution in [0.4, 0.5) is 5.69 Å². The number of hydrogen-bond acceptors (Lipinski definition) is 4. The summed E-state index contributed by atoms with van der Waals surface area (Å²) in [5.41, 5.74) is 0.523. The van der Waals surface area contributed by atoms with Crippen LogP contribution in [0.3, 0.4) is 0 Å². The molecule has 0 aliphatic rings. The Labute approximate surface area is 149 Å². The number of rotatable bonds is 5. The summed E-state index contributed by atoms with van der Waals surface area (Å²) >= 11 is 0. The van der Waals surface area contributed by atoms with Crippen LogP contribution in [0.5, 0.6) is 0 Å². The number of aromatic amines is 1. The quantitative estimate of drug-likeness (QED) is 0.737. The molecule has 0 spiro atoms. The van der Waals surface area contributed by atoms with Gasteiger partial charge in [-0.05, 0) is 36.4 Å². The molecule has 0 radical (unpaired) electrons. The van der Waals surface area contributed by atoms with Gasteiger partial charge < -0.3 is 19.6 Å². The van der Waals surface area contributed by atoms with Crippen molar-refractivity contribution in [1.82, 2.24) is 9.88 Å². The zero-order valence-electron chi connectivity index (χ0n) is 14.1. The summed E-state index contributed by atoms with van der Waals surface area (Å²) in [4.78, 5) is 40.5. The third kappa shape index (κ3) is 3.89. The minimum atomic E-state index is -0.542. The van der Waals surface area contributed by atoms with E-state index in [0.717, 1.165) is 0 Å². The molecule has 0 atom stereocenters. The van der Waals surface area contributed by atoms with E-state index in [-0.39, 0.29) is 18.0 Å². The molecule has 0 unspecified atom stereocenters. The standard InChI is InChI=1S/C19H17N3O4/c1-22(12-17(23)20-13-6-3-2-4-7-13)19(25)14-9-10-15(21-18(14)24)16-8-5-11-26-16/h2-11H,12H2,1H3,(H,20,23)(H,21,24). The highest BCUT2D eigenvalue weighted by atomic mass is 16.3. The number of aromatic nitrogens is 1. The third-order valence-corrected chi connectivity index (χ3v) is 3.71. The lowest BCUT2D eigenvalue weighted by Crippen LogP contribution is -2.37. The van der Waals surface area contributed by atoms with E-state index >= 15 is 0 Å². The number of anilines is 1. The van der Waals surface area contributed by atoms with Gasteiger partial charge in [0.15, 0.2) is 0 Å². The van der Waals surface area contributed by atoms with Gasteiger partial charge in [-0.25, -0.2) is 0 Å². The highest BCUT2D eigenvalue weighted by Gasteiger charge is 2.18. The van der Waals surface area contributed by atoms with Gasteiger partial charge >= 0.3 is 0 Å². The molecule has 26 heavy (non-hydrogen) atoms. The van der Waals surface area contributed by atoms with Gasteiger partial charge in [-0.1, -0.05) is 18.2 Å². The zero-order chi connectivity index (χ0) is 18.5. The average molecular weight is 351 g/mol. The van der Waals surface area contributed by atoms with Crippen molar-refractivity contribution in [1.29, 1.82) is 0 Å². The van der Waals surface area contributed by atoms with Crippen LogP contribution in [0, 0.1) is 0 Å². The van der Waals surface area contributed by atoms with Crippen molar-refractivity contribution < 1.29 is 14.0 Å². The molecule has 3 aromatic rings. The molecule has 2 aromatic heterocycles. The number of benzene rings is 1. The van der Waals surface area contributed by atoms with E-state index in [1.165, 1.54) is 24.3 Å². The van der Waals surface area contributed by atoms with Crippen LogP contribution in [0.1, 0.15) is 10.4 Å². The maximum atomic E-state index is 12.5. The van der Waals surface area contributed by atoms with Gasteiger partial charge in [0.2, 0.25) is 5.91 Å². The van der Waals surface area contributed by atoms with Gasteiger partial charge in [0.25, 0.3) is 11.5 Å². The molecule has 3 rings (SSSR count). The summed E-state index contributed by atoms with van der Waals surface area (Å²) < 4.78 is 5.21. The first kappa shape index (κ1) is 17.2. The second-order valence-corrected chi connectivity index (χ2v) is 5.67. The Morgan fingerprint density at radius 1 is 1.08 bits per heavy atom. The molecule has 2 heterocycles. The number of nitrogens with one attached hydrogen (secondary N) is 2. The summed E-state index contributed by atoms with van der Waals surface area (Å²) in [5, 5.41) is 2.69. The Bertz CT molecular complexity index is 962. The fourth-order valence-corrected chi connectivity index (χ4v) is 2.43. The van der Waals surface area contributed by atoms with Gasteiger partial charge in [0.1, 0.15) is 11.3 Å². The number of furan rings is 1. The minimum absolute atomic E-state index is 0.0460. The van der Waals surface area contributed by atoms with E-state index in [1.54, 1.807) is 42.5 Å². The number of para-hydroxylation sites is 1. The summed E-state index contributed by atoms with van der Waals surface area (Å²) in [6, 6.07) is 15.3. The lowest BCUT2D eigenvalue weighted by Gasteiger charge is -2.16. The average Bonchev–Trinajstić information content (AvgIpc) is 3.16. The van der Waals surface area contributed by atoms with Crippen LogP contribution in [0.2, 0.25) is 0 Å². The molecular weight excluding hydrogens is 334 g/mol. The van der Waals surface area contributed by atoms with E-state index < -0.39 is 11.5 Å². The summed E-state index contributed by atoms with van der Waals surface area (Å²) in [6.45, 7) is -0.174. The van der Waals surface area contributed by atoms with Crippen molar-refractivity contribution in [2.75, 3.05) is 18.9 Å². The first-order valence-corrected chi connectivity index (χ1v) is 7.92. The molecule has 7 nitrogen and oxygen atoms in total. The van der Waals surface area contributed by atoms with Crippen molar-refractivity contribution in [2.24, 2.45) is 0 Å². The summed E-state index contributed by atoms with van der Waals surface area (Å²) in [7, 11) is 1.47. The molecule has 0 aliphatic heterocycles. The largest absolute Gasteiger partial charge is 0.463 e. The molecule has 0 bridgehead atoms. The number of amides is 2. The Hall–Kier alpha value is -3.61. The SMILES string of the molecule is CN(CC(=O)Nc1ccccc1)C(=O)c1ccc(-c2ccco2)[nH]c1=O. The molecule has 0 fully saturated rings. The zero-order valence-corrected chi connectivity index (χ0v) is 14.1. The minimum Gasteiger partial charge on any atom is -0.463 e. The topological polar surface area (TPSA) is 95.4 Å². The molecule has 2 N–H and O–H groups in total. The number of hydrogen-bond donors (Lipinski definition) is 2. The molecule has 132 valence electrons. The van der Waals surface area contributed by atoms with Gasteiger partial charge in [0.05, 0.1) is 18.5 Å². The van der Waals surface area contributed by atoms with Gasteiger partial charge in [-0.3, -0.25) is 14.4 Å². The number of H-pyrrole nitrogens is 1. The first-order valence-electron chi connectivity index (χ1n) is 7.92. The third-order valence-electron chi connectivity index (χ3n) is 3.71. The van der Waals surface area contributed by atoms with Crippen LogP contribution in [-0.2, 0) is 4.79 Å². The molecule has 0 saturated carbocycles. The molecular formula is C19H17N3O4. The summed E-state index contributed by atoms with van der Waals surface area (Å²) in [6.07, 6.45) is 1.49. The fraction of sp³-hybridized carbons (Fsp3) is 0.105. The molecule has 1 aromatic carbocycles. The predicted octanol–water partition coefficient (Wildman–Crippen LogP) is 2.35. The van der Waals surface area contributed by atoms with Crippen LogP contribution >= 0.6 is 0 Å². The molecule has 7 heteroatoms. The van der Waals surface area contributed by atoms with Gasteiger partial charge in [-0.2, -0.15) is 0 Å². The molecule has 2 amide bonds. The Balaban J connectivity index is 1.68. The number of pyridine rings is 1. The molecule has 0 saturated heterocycles. The highest BCUT2D eigenvalue weighted by Crippen LogP contribution is 2.16. The number of carbonyl (C=O) groups is 2. The Morgan fingerprint density at radius 2 is 1.85 bits per heavy atom. The summed E-state index contributed by atoms with van der Waals surface area (Å²) in [5.74, 6) is -0.396. The van der Waals surface area contributed by atoms with E-state index in [9.17, 15) is 14.4 Å². The number of carbonyl (C=O) groups excluding carboxylic acids is 2. The lowest BCUT2D eigenvalue weighted by molar-refractivity contribution is -0.116. The van der Waals surface area contributed by atoms with Crippen molar-refractivity contribution in [3.63, 3.8) is 0 Å². The van der Waals surface area contributed by atoms with Crippen LogP contribution in [0.15, 0.2) is 70.1 Å². The van der Waals surface area contributed by atoms with Gasteiger partial charge in [-0.15, -0.1) is 0 Å². The lowest BCUT2D eigenvalue weighted by atomic mass is 10.2.